The number of esters is 4. The minimum atomic E-state index is -0.870. The number of aliphatic carboxylic acids is 2. The van der Waals surface area contributed by atoms with Gasteiger partial charge in [0.2, 0.25) is 0 Å². The molecule has 0 aromatic rings. The Hall–Kier alpha value is -3.18. The molecule has 0 unspecified atom stereocenters. The molecule has 12 heteroatoms. The number of carbonyl (C=O) groups excluding carboxylic acids is 4. The predicted molar refractivity (Wildman–Crippen MR) is 165 cm³/mol. The highest BCUT2D eigenvalue weighted by molar-refractivity contribution is 5.73. The van der Waals surface area contributed by atoms with E-state index in [9.17, 15) is 28.8 Å². The van der Waals surface area contributed by atoms with E-state index in [0.29, 0.717) is 77.8 Å². The van der Waals surface area contributed by atoms with Crippen molar-refractivity contribution in [2.24, 2.45) is 0 Å². The van der Waals surface area contributed by atoms with Crippen LogP contribution in [0.2, 0.25) is 0 Å². The lowest BCUT2D eigenvalue weighted by Gasteiger charge is -2.04. The largest absolute Gasteiger partial charge is 0.481 e. The van der Waals surface area contributed by atoms with Crippen LogP contribution >= 0.6 is 0 Å². The first-order valence-corrected chi connectivity index (χ1v) is 16.1. The molecule has 0 atom stereocenters. The molecule has 2 N–H and O–H groups in total. The monoisotopic (exact) mass is 634 g/mol. The van der Waals surface area contributed by atoms with E-state index in [4.69, 9.17) is 29.2 Å². The lowest BCUT2D eigenvalue weighted by molar-refractivity contribution is -0.147. The van der Waals surface area contributed by atoms with Gasteiger partial charge < -0.3 is 29.2 Å². The zero-order valence-electron chi connectivity index (χ0n) is 27.5. The van der Waals surface area contributed by atoms with Crippen LogP contribution in [-0.4, -0.2) is 72.5 Å². The summed E-state index contributed by atoms with van der Waals surface area (Å²) in [6.07, 6.45) is 10.8. The summed E-state index contributed by atoms with van der Waals surface area (Å²) in [5.74, 6) is -2.63. The highest BCUT2D eigenvalue weighted by atomic mass is 16.5. The topological polar surface area (TPSA) is 180 Å². The number of carboxylic acid groups (broad SMARTS) is 2. The van der Waals surface area contributed by atoms with E-state index in [1.165, 1.54) is 0 Å². The minimum absolute atomic E-state index is 0.0628. The second-order valence-electron chi connectivity index (χ2n) is 10.00. The minimum Gasteiger partial charge on any atom is -0.481 e. The Balaban J connectivity index is -0.000000594. The van der Waals surface area contributed by atoms with E-state index in [1.807, 2.05) is 27.7 Å². The molecule has 0 radical (unpaired) electrons. The first-order chi connectivity index (χ1) is 21.0. The lowest BCUT2D eigenvalue weighted by Crippen LogP contribution is -2.09. The van der Waals surface area contributed by atoms with Gasteiger partial charge in [-0.3, -0.25) is 28.8 Å². The zero-order valence-corrected chi connectivity index (χ0v) is 27.5. The van der Waals surface area contributed by atoms with Crippen LogP contribution in [0.1, 0.15) is 143 Å². The Kier molecular flexibility index (Phi) is 37.0. The van der Waals surface area contributed by atoms with Gasteiger partial charge in [0.05, 0.1) is 26.4 Å². The van der Waals surface area contributed by atoms with Gasteiger partial charge in [-0.05, 0) is 51.4 Å². The second kappa shape index (κ2) is 36.0. The Morgan fingerprint density at radius 2 is 0.591 bits per heavy atom. The smallest absolute Gasteiger partial charge is 0.305 e. The highest BCUT2D eigenvalue weighted by Crippen LogP contribution is 2.03. The van der Waals surface area contributed by atoms with Crippen molar-refractivity contribution < 1.29 is 57.9 Å². The maximum atomic E-state index is 11.2. The van der Waals surface area contributed by atoms with Crippen LogP contribution in [0.25, 0.3) is 0 Å². The summed E-state index contributed by atoms with van der Waals surface area (Å²) in [5.41, 5.74) is 0. The van der Waals surface area contributed by atoms with Crippen molar-refractivity contribution in [1.29, 1.82) is 0 Å². The average molecular weight is 635 g/mol. The molecule has 0 saturated heterocycles. The van der Waals surface area contributed by atoms with Gasteiger partial charge in [0.15, 0.2) is 0 Å². The molecular weight excluding hydrogens is 576 g/mol. The molecule has 0 aromatic carbocycles. The number of rotatable bonds is 25. The van der Waals surface area contributed by atoms with Crippen molar-refractivity contribution in [2.45, 2.75) is 143 Å². The van der Waals surface area contributed by atoms with Gasteiger partial charge in [0.1, 0.15) is 0 Å². The van der Waals surface area contributed by atoms with Crippen molar-refractivity contribution in [2.75, 3.05) is 26.4 Å². The Morgan fingerprint density at radius 3 is 0.773 bits per heavy atom. The molecule has 0 amide bonds. The van der Waals surface area contributed by atoms with E-state index in [1.54, 1.807) is 0 Å². The van der Waals surface area contributed by atoms with Gasteiger partial charge in [0.25, 0.3) is 0 Å². The second-order valence-corrected chi connectivity index (χ2v) is 10.00. The van der Waals surface area contributed by atoms with Crippen molar-refractivity contribution >= 4 is 35.8 Å². The summed E-state index contributed by atoms with van der Waals surface area (Å²) in [6.45, 7) is 10.1. The summed E-state index contributed by atoms with van der Waals surface area (Å²) in [4.78, 5) is 64.5. The third-order valence-electron chi connectivity index (χ3n) is 5.60. The molecule has 0 aromatic heterocycles. The number of carbonyl (C=O) groups is 6. The maximum Gasteiger partial charge on any atom is 0.305 e. The van der Waals surface area contributed by atoms with E-state index >= 15 is 0 Å². The van der Waals surface area contributed by atoms with Crippen LogP contribution < -0.4 is 0 Å². The van der Waals surface area contributed by atoms with Gasteiger partial charge >= 0.3 is 35.8 Å². The molecule has 0 aliphatic heterocycles. The van der Waals surface area contributed by atoms with Gasteiger partial charge in [-0.1, -0.05) is 53.4 Å². The molecule has 0 bridgehead atoms. The first kappa shape index (κ1) is 45.3. The number of carboxylic acids is 2. The number of hydrogen-bond donors (Lipinski definition) is 2. The summed E-state index contributed by atoms with van der Waals surface area (Å²) < 4.78 is 19.9. The summed E-state index contributed by atoms with van der Waals surface area (Å²) in [7, 11) is 0. The molecule has 0 rings (SSSR count). The predicted octanol–water partition coefficient (Wildman–Crippen LogP) is 6.40. The van der Waals surface area contributed by atoms with Crippen LogP contribution in [0.4, 0.5) is 0 Å². The maximum absolute atomic E-state index is 11.2. The van der Waals surface area contributed by atoms with Crippen LogP contribution in [0.3, 0.4) is 0 Å². The molecule has 0 aliphatic rings. The third kappa shape index (κ3) is 43.3. The van der Waals surface area contributed by atoms with Gasteiger partial charge in [-0.2, -0.15) is 0 Å². The summed E-state index contributed by atoms with van der Waals surface area (Å²) in [6, 6.07) is 0. The Bertz CT molecular complexity index is 646. The molecule has 12 nitrogen and oxygen atoms in total. The number of unbranched alkanes of at least 4 members (excludes halogenated alkanes) is 5. The summed E-state index contributed by atoms with van der Waals surface area (Å²) in [5, 5.41) is 16.3. The fraction of sp³-hybridized carbons (Fsp3) is 0.812. The molecule has 0 saturated carbocycles. The van der Waals surface area contributed by atoms with Gasteiger partial charge in [-0.15, -0.1) is 0 Å². The van der Waals surface area contributed by atoms with Crippen molar-refractivity contribution in [3.63, 3.8) is 0 Å². The number of ether oxygens (including phenoxy) is 4. The Labute approximate surface area is 263 Å². The zero-order chi connectivity index (χ0) is 33.8. The van der Waals surface area contributed by atoms with E-state index in [-0.39, 0.29) is 36.7 Å². The molecule has 0 heterocycles. The number of hydrogen-bond acceptors (Lipinski definition) is 10. The van der Waals surface area contributed by atoms with Crippen molar-refractivity contribution in [3.05, 3.63) is 0 Å². The van der Waals surface area contributed by atoms with Crippen LogP contribution in [0, 0.1) is 0 Å². The first-order valence-electron chi connectivity index (χ1n) is 16.1. The molecular formula is C32H58O12. The van der Waals surface area contributed by atoms with Gasteiger partial charge in [0, 0.05) is 38.5 Å². The fourth-order valence-electron chi connectivity index (χ4n) is 2.92. The SMILES string of the molecule is CCCCOC(=O)CCCC(=O)OCCCC.CCCCOC(=O)CCCC(=O)OCCCC.O=C(O)CCCCC(=O)O. The lowest BCUT2D eigenvalue weighted by atomic mass is 10.2. The highest BCUT2D eigenvalue weighted by Gasteiger charge is 2.08. The van der Waals surface area contributed by atoms with Crippen molar-refractivity contribution in [1.82, 2.24) is 0 Å². The molecule has 0 aliphatic carbocycles. The Morgan fingerprint density at radius 1 is 0.364 bits per heavy atom. The average Bonchev–Trinajstić information content (AvgIpc) is 2.96. The summed E-state index contributed by atoms with van der Waals surface area (Å²) >= 11 is 0. The molecule has 0 spiro atoms. The van der Waals surface area contributed by atoms with Crippen LogP contribution in [-0.2, 0) is 47.7 Å². The van der Waals surface area contributed by atoms with E-state index < -0.39 is 11.9 Å². The van der Waals surface area contributed by atoms with Crippen LogP contribution in [0.15, 0.2) is 0 Å². The van der Waals surface area contributed by atoms with Crippen LogP contribution in [0.5, 0.6) is 0 Å². The van der Waals surface area contributed by atoms with E-state index in [2.05, 4.69) is 0 Å². The normalized spacial score (nSPS) is 9.82. The quantitative estimate of drug-likeness (QED) is 0.0641. The van der Waals surface area contributed by atoms with Crippen molar-refractivity contribution in [3.8, 4) is 0 Å². The third-order valence-corrected chi connectivity index (χ3v) is 5.60. The molecule has 0 fully saturated rings. The molecule has 44 heavy (non-hydrogen) atoms. The van der Waals surface area contributed by atoms with E-state index in [0.717, 1.165) is 51.4 Å². The standard InChI is InChI=1S/2C13H24O4.C6H10O4/c2*1-3-5-10-16-12(14)8-7-9-13(15)17-11-6-4-2;7-5(8)3-1-2-4-6(9)10/h2*3-11H2,1-2H3;1-4H2,(H,7,8)(H,9,10). The van der Waals surface area contributed by atoms with Gasteiger partial charge in [-0.25, -0.2) is 0 Å². The fourth-order valence-corrected chi connectivity index (χ4v) is 2.92. The molecule has 258 valence electrons.